The van der Waals surface area contributed by atoms with Gasteiger partial charge in [0.2, 0.25) is 0 Å². The number of morpholine rings is 1. The van der Waals surface area contributed by atoms with E-state index in [0.717, 1.165) is 56.5 Å². The molecule has 2 fully saturated rings. The van der Waals surface area contributed by atoms with E-state index >= 15 is 0 Å². The van der Waals surface area contributed by atoms with Crippen LogP contribution in [0.25, 0.3) is 0 Å². The van der Waals surface area contributed by atoms with Crippen LogP contribution >= 0.6 is 0 Å². The lowest BCUT2D eigenvalue weighted by Crippen LogP contribution is -2.48. The molecule has 0 bridgehead atoms. The summed E-state index contributed by atoms with van der Waals surface area (Å²) in [5.74, 6) is 1.64. The highest BCUT2D eigenvalue weighted by molar-refractivity contribution is 5.55. The van der Waals surface area contributed by atoms with Crippen molar-refractivity contribution in [2.75, 3.05) is 38.3 Å². The molecule has 4 rings (SSSR count). The van der Waals surface area contributed by atoms with Crippen LogP contribution in [0.3, 0.4) is 0 Å². The standard InChI is InChI=1S/C19H24N4O2/c1-2-4-15(5-3-1)21-18-6-9-20-19(22-18)17-14-25-13-10-23(17)16-7-11-24-12-8-16/h1-6,9,16-17H,7-8,10-14H2,(H,20,21,22). The van der Waals surface area contributed by atoms with Crippen LogP contribution in [0.2, 0.25) is 0 Å². The zero-order valence-electron chi connectivity index (χ0n) is 14.3. The zero-order chi connectivity index (χ0) is 16.9. The van der Waals surface area contributed by atoms with E-state index in [2.05, 4.69) is 15.2 Å². The molecule has 2 aromatic rings. The summed E-state index contributed by atoms with van der Waals surface area (Å²) in [6, 6.07) is 12.6. The van der Waals surface area contributed by atoms with Crippen LogP contribution in [0.15, 0.2) is 42.6 Å². The molecule has 0 amide bonds. The Labute approximate surface area is 148 Å². The molecule has 6 heteroatoms. The van der Waals surface area contributed by atoms with Crippen molar-refractivity contribution >= 4 is 11.5 Å². The van der Waals surface area contributed by atoms with Crippen LogP contribution in [-0.2, 0) is 9.47 Å². The number of nitrogens with one attached hydrogen (secondary N) is 1. The Morgan fingerprint density at radius 3 is 2.68 bits per heavy atom. The molecule has 25 heavy (non-hydrogen) atoms. The Morgan fingerprint density at radius 2 is 1.84 bits per heavy atom. The molecule has 6 nitrogen and oxygen atoms in total. The first-order valence-electron chi connectivity index (χ1n) is 8.96. The van der Waals surface area contributed by atoms with E-state index in [1.165, 1.54) is 0 Å². The number of aromatic nitrogens is 2. The number of para-hydroxylation sites is 1. The third kappa shape index (κ3) is 3.98. The first-order valence-corrected chi connectivity index (χ1v) is 8.96. The highest BCUT2D eigenvalue weighted by Crippen LogP contribution is 2.28. The summed E-state index contributed by atoms with van der Waals surface area (Å²) in [5, 5.41) is 3.35. The van der Waals surface area contributed by atoms with Crippen LogP contribution in [0.1, 0.15) is 24.7 Å². The smallest absolute Gasteiger partial charge is 0.150 e. The molecule has 2 saturated heterocycles. The normalized spacial score (nSPS) is 22.6. The Balaban J connectivity index is 1.53. The average molecular weight is 340 g/mol. The lowest BCUT2D eigenvalue weighted by atomic mass is 10.0. The summed E-state index contributed by atoms with van der Waals surface area (Å²) in [6.45, 7) is 4.02. The summed E-state index contributed by atoms with van der Waals surface area (Å²) >= 11 is 0. The molecule has 0 aliphatic carbocycles. The molecule has 0 radical (unpaired) electrons. The van der Waals surface area contributed by atoms with Gasteiger partial charge in [-0.2, -0.15) is 0 Å². The maximum atomic E-state index is 5.74. The number of rotatable bonds is 4. The third-order valence-corrected chi connectivity index (χ3v) is 4.85. The van der Waals surface area contributed by atoms with Crippen molar-refractivity contribution in [2.45, 2.75) is 24.9 Å². The number of hydrogen-bond donors (Lipinski definition) is 1. The van der Waals surface area contributed by atoms with Gasteiger partial charge >= 0.3 is 0 Å². The highest BCUT2D eigenvalue weighted by Gasteiger charge is 2.33. The number of benzene rings is 1. The number of nitrogens with zero attached hydrogens (tertiary/aromatic N) is 3. The molecule has 1 aromatic heterocycles. The quantitative estimate of drug-likeness (QED) is 0.923. The van der Waals surface area contributed by atoms with Gasteiger partial charge in [0.05, 0.1) is 19.3 Å². The monoisotopic (exact) mass is 340 g/mol. The predicted molar refractivity (Wildman–Crippen MR) is 95.9 cm³/mol. The topological polar surface area (TPSA) is 59.5 Å². The van der Waals surface area contributed by atoms with E-state index in [0.29, 0.717) is 12.6 Å². The van der Waals surface area contributed by atoms with Crippen LogP contribution in [0.5, 0.6) is 0 Å². The van der Waals surface area contributed by atoms with Gasteiger partial charge in [-0.1, -0.05) is 18.2 Å². The van der Waals surface area contributed by atoms with Gasteiger partial charge in [0.25, 0.3) is 0 Å². The molecule has 1 atom stereocenters. The van der Waals surface area contributed by atoms with Gasteiger partial charge in [0.1, 0.15) is 11.6 Å². The van der Waals surface area contributed by atoms with Crippen molar-refractivity contribution in [3.8, 4) is 0 Å². The van der Waals surface area contributed by atoms with Crippen molar-refractivity contribution < 1.29 is 9.47 Å². The number of hydrogen-bond acceptors (Lipinski definition) is 6. The second-order valence-corrected chi connectivity index (χ2v) is 6.46. The molecule has 2 aliphatic rings. The Kier molecular flexibility index (Phi) is 5.20. The van der Waals surface area contributed by atoms with E-state index in [1.54, 1.807) is 0 Å². The zero-order valence-corrected chi connectivity index (χ0v) is 14.3. The molecule has 2 aliphatic heterocycles. The van der Waals surface area contributed by atoms with Crippen molar-refractivity contribution in [2.24, 2.45) is 0 Å². The molecular formula is C19H24N4O2. The molecular weight excluding hydrogens is 316 g/mol. The Hall–Kier alpha value is -2.02. The largest absolute Gasteiger partial charge is 0.381 e. The second kappa shape index (κ2) is 7.91. The summed E-state index contributed by atoms with van der Waals surface area (Å²) in [6.07, 6.45) is 3.96. The van der Waals surface area contributed by atoms with Crippen LogP contribution in [0.4, 0.5) is 11.5 Å². The lowest BCUT2D eigenvalue weighted by molar-refractivity contribution is -0.0591. The van der Waals surface area contributed by atoms with Crippen molar-refractivity contribution in [3.05, 3.63) is 48.4 Å². The fourth-order valence-electron chi connectivity index (χ4n) is 3.57. The van der Waals surface area contributed by atoms with Crippen LogP contribution in [0, 0.1) is 0 Å². The Morgan fingerprint density at radius 1 is 1.00 bits per heavy atom. The van der Waals surface area contributed by atoms with E-state index in [9.17, 15) is 0 Å². The SMILES string of the molecule is c1ccc(Nc2ccnc(C3COCCN3C3CCOCC3)n2)cc1. The molecule has 1 aromatic carbocycles. The van der Waals surface area contributed by atoms with E-state index in [-0.39, 0.29) is 6.04 Å². The van der Waals surface area contributed by atoms with Gasteiger partial charge in [-0.3, -0.25) is 4.90 Å². The maximum absolute atomic E-state index is 5.74. The first kappa shape index (κ1) is 16.4. The van der Waals surface area contributed by atoms with Crippen LogP contribution in [-0.4, -0.2) is 53.9 Å². The van der Waals surface area contributed by atoms with Gasteiger partial charge in [0, 0.05) is 37.7 Å². The summed E-state index contributed by atoms with van der Waals surface area (Å²) in [5.41, 5.74) is 1.02. The minimum atomic E-state index is 0.106. The minimum Gasteiger partial charge on any atom is -0.381 e. The molecule has 1 unspecified atom stereocenters. The van der Waals surface area contributed by atoms with E-state index < -0.39 is 0 Å². The van der Waals surface area contributed by atoms with Gasteiger partial charge < -0.3 is 14.8 Å². The number of ether oxygens (including phenoxy) is 2. The van der Waals surface area contributed by atoms with Crippen molar-refractivity contribution in [3.63, 3.8) is 0 Å². The molecule has 1 N–H and O–H groups in total. The fraction of sp³-hybridized carbons (Fsp3) is 0.474. The van der Waals surface area contributed by atoms with Gasteiger partial charge in [0.15, 0.2) is 0 Å². The van der Waals surface area contributed by atoms with E-state index in [4.69, 9.17) is 14.5 Å². The molecule has 0 saturated carbocycles. The van der Waals surface area contributed by atoms with Gasteiger partial charge in [-0.05, 0) is 31.0 Å². The Bertz CT molecular complexity index is 676. The van der Waals surface area contributed by atoms with Crippen LogP contribution < -0.4 is 5.32 Å². The number of anilines is 2. The lowest BCUT2D eigenvalue weighted by Gasteiger charge is -2.41. The second-order valence-electron chi connectivity index (χ2n) is 6.46. The van der Waals surface area contributed by atoms with E-state index in [1.807, 2.05) is 42.6 Å². The molecule has 132 valence electrons. The third-order valence-electron chi connectivity index (χ3n) is 4.85. The van der Waals surface area contributed by atoms with Crippen molar-refractivity contribution in [1.82, 2.24) is 14.9 Å². The summed E-state index contributed by atoms with van der Waals surface area (Å²) < 4.78 is 11.3. The molecule has 0 spiro atoms. The average Bonchev–Trinajstić information content (AvgIpc) is 2.70. The first-order chi connectivity index (χ1) is 12.4. The van der Waals surface area contributed by atoms with Gasteiger partial charge in [-0.25, -0.2) is 9.97 Å². The van der Waals surface area contributed by atoms with Gasteiger partial charge in [-0.15, -0.1) is 0 Å². The predicted octanol–water partition coefficient (Wildman–Crippen LogP) is 2.77. The summed E-state index contributed by atoms with van der Waals surface area (Å²) in [4.78, 5) is 11.8. The maximum Gasteiger partial charge on any atom is 0.150 e. The molecule has 3 heterocycles. The highest BCUT2D eigenvalue weighted by atomic mass is 16.5. The fourth-order valence-corrected chi connectivity index (χ4v) is 3.57. The van der Waals surface area contributed by atoms with Crippen molar-refractivity contribution in [1.29, 1.82) is 0 Å². The minimum absolute atomic E-state index is 0.106. The summed E-state index contributed by atoms with van der Waals surface area (Å²) in [7, 11) is 0.